The third-order valence-electron chi connectivity index (χ3n) is 3.65. The van der Waals surface area contributed by atoms with Crippen LogP contribution >= 0.6 is 0 Å². The van der Waals surface area contributed by atoms with E-state index in [1.54, 1.807) is 0 Å². The lowest BCUT2D eigenvalue weighted by Crippen LogP contribution is -2.38. The fourth-order valence-corrected chi connectivity index (χ4v) is 2.66. The molecule has 2 heteroatoms. The Kier molecular flexibility index (Phi) is 6.53. The second-order valence-corrected chi connectivity index (χ2v) is 5.85. The van der Waals surface area contributed by atoms with Crippen molar-refractivity contribution in [1.82, 2.24) is 10.2 Å². The van der Waals surface area contributed by atoms with E-state index in [2.05, 4.69) is 70.1 Å². The maximum atomic E-state index is 3.47. The Labute approximate surface area is 119 Å². The summed E-state index contributed by atoms with van der Waals surface area (Å²) in [5.74, 6) is 0. The lowest BCUT2D eigenvalue weighted by molar-refractivity contribution is 0.200. The first-order valence-corrected chi connectivity index (χ1v) is 7.47. The zero-order chi connectivity index (χ0) is 14.4. The molecule has 0 fully saturated rings. The van der Waals surface area contributed by atoms with Crippen LogP contribution in [0.2, 0.25) is 0 Å². The van der Waals surface area contributed by atoms with Crippen LogP contribution in [0.4, 0.5) is 0 Å². The molecule has 0 amide bonds. The Balaban J connectivity index is 2.87. The Morgan fingerprint density at radius 2 is 1.68 bits per heavy atom. The number of rotatable bonds is 7. The first kappa shape index (κ1) is 16.2. The molecular formula is C17H30N2. The van der Waals surface area contributed by atoms with Gasteiger partial charge in [-0.2, -0.15) is 0 Å². The van der Waals surface area contributed by atoms with Crippen molar-refractivity contribution < 1.29 is 0 Å². The van der Waals surface area contributed by atoms with Crippen molar-refractivity contribution in [3.8, 4) is 0 Å². The van der Waals surface area contributed by atoms with E-state index in [4.69, 9.17) is 0 Å². The highest BCUT2D eigenvalue weighted by molar-refractivity contribution is 5.30. The van der Waals surface area contributed by atoms with Crippen molar-refractivity contribution in [3.05, 3.63) is 34.9 Å². The van der Waals surface area contributed by atoms with Crippen molar-refractivity contribution in [1.29, 1.82) is 0 Å². The molecule has 0 aliphatic rings. The zero-order valence-electron chi connectivity index (χ0n) is 13.5. The highest BCUT2D eigenvalue weighted by Crippen LogP contribution is 2.19. The number of hydrogen-bond acceptors (Lipinski definition) is 2. The average Bonchev–Trinajstić information content (AvgIpc) is 2.32. The molecule has 1 N–H and O–H groups in total. The Hall–Kier alpha value is -0.860. The summed E-state index contributed by atoms with van der Waals surface area (Å²) in [5.41, 5.74) is 4.10. The molecule has 1 unspecified atom stereocenters. The quantitative estimate of drug-likeness (QED) is 0.806. The number of nitrogens with one attached hydrogen (secondary N) is 1. The second-order valence-electron chi connectivity index (χ2n) is 5.85. The van der Waals surface area contributed by atoms with E-state index < -0.39 is 0 Å². The molecule has 1 aromatic rings. The molecule has 1 atom stereocenters. The molecule has 0 saturated heterocycles. The van der Waals surface area contributed by atoms with Crippen molar-refractivity contribution in [3.63, 3.8) is 0 Å². The fourth-order valence-electron chi connectivity index (χ4n) is 2.66. The monoisotopic (exact) mass is 262 g/mol. The summed E-state index contributed by atoms with van der Waals surface area (Å²) < 4.78 is 0. The Morgan fingerprint density at radius 3 is 2.11 bits per heavy atom. The van der Waals surface area contributed by atoms with Crippen molar-refractivity contribution in [2.75, 3.05) is 20.1 Å². The molecule has 1 aromatic carbocycles. The van der Waals surface area contributed by atoms with Gasteiger partial charge in [0.25, 0.3) is 0 Å². The second kappa shape index (κ2) is 7.66. The van der Waals surface area contributed by atoms with Crippen molar-refractivity contribution >= 4 is 0 Å². The first-order chi connectivity index (χ1) is 8.97. The molecular weight excluding hydrogens is 232 g/mol. The maximum absolute atomic E-state index is 3.47. The summed E-state index contributed by atoms with van der Waals surface area (Å²) in [5, 5.41) is 3.47. The van der Waals surface area contributed by atoms with Gasteiger partial charge in [0.05, 0.1) is 0 Å². The van der Waals surface area contributed by atoms with Crippen LogP contribution < -0.4 is 5.32 Å². The van der Waals surface area contributed by atoms with Gasteiger partial charge in [-0.1, -0.05) is 36.2 Å². The van der Waals surface area contributed by atoms with Crippen molar-refractivity contribution in [2.45, 2.75) is 53.1 Å². The molecule has 0 aromatic heterocycles. The third-order valence-corrected chi connectivity index (χ3v) is 3.65. The number of hydrogen-bond donors (Lipinski definition) is 1. The van der Waals surface area contributed by atoms with Gasteiger partial charge in [0, 0.05) is 18.6 Å². The molecule has 0 spiro atoms. The summed E-state index contributed by atoms with van der Waals surface area (Å²) in [6.45, 7) is 13.4. The number of benzene rings is 1. The molecule has 0 heterocycles. The van der Waals surface area contributed by atoms with Gasteiger partial charge in [-0.05, 0) is 53.3 Å². The minimum absolute atomic E-state index is 0.410. The molecule has 0 radical (unpaired) electrons. The summed E-state index contributed by atoms with van der Waals surface area (Å²) in [6, 6.07) is 7.86. The van der Waals surface area contributed by atoms with Gasteiger partial charge in [-0.25, -0.2) is 0 Å². The molecule has 2 nitrogen and oxygen atoms in total. The van der Waals surface area contributed by atoms with Gasteiger partial charge in [0.1, 0.15) is 0 Å². The lowest BCUT2D eigenvalue weighted by Gasteiger charge is -2.30. The van der Waals surface area contributed by atoms with Crippen LogP contribution in [0.3, 0.4) is 0 Å². The highest BCUT2D eigenvalue weighted by Gasteiger charge is 2.16. The predicted molar refractivity (Wildman–Crippen MR) is 84.7 cm³/mol. The van der Waals surface area contributed by atoms with Crippen molar-refractivity contribution in [2.24, 2.45) is 0 Å². The van der Waals surface area contributed by atoms with Crippen LogP contribution in [0.25, 0.3) is 0 Å². The van der Waals surface area contributed by atoms with Crippen LogP contribution in [-0.4, -0.2) is 31.1 Å². The van der Waals surface area contributed by atoms with E-state index in [0.29, 0.717) is 12.1 Å². The smallest absolute Gasteiger partial charge is 0.0447 e. The van der Waals surface area contributed by atoms with E-state index in [1.165, 1.54) is 29.7 Å². The van der Waals surface area contributed by atoms with Crippen LogP contribution in [0, 0.1) is 13.8 Å². The molecule has 0 saturated carbocycles. The van der Waals surface area contributed by atoms with Gasteiger partial charge in [0.2, 0.25) is 0 Å². The molecule has 108 valence electrons. The van der Waals surface area contributed by atoms with E-state index in [9.17, 15) is 0 Å². The summed E-state index contributed by atoms with van der Waals surface area (Å²) in [6.07, 6.45) is 1.21. The largest absolute Gasteiger partial charge is 0.312 e. The van der Waals surface area contributed by atoms with E-state index in [1.807, 2.05) is 0 Å². The van der Waals surface area contributed by atoms with Gasteiger partial charge in [0.15, 0.2) is 0 Å². The summed E-state index contributed by atoms with van der Waals surface area (Å²) >= 11 is 0. The minimum Gasteiger partial charge on any atom is -0.312 e. The first-order valence-electron chi connectivity index (χ1n) is 7.47. The Bertz CT molecular complexity index is 365. The topological polar surface area (TPSA) is 15.3 Å². The lowest BCUT2D eigenvalue weighted by atomic mass is 10.0. The molecule has 0 aliphatic heterocycles. The van der Waals surface area contributed by atoms with Crippen LogP contribution in [0.1, 0.15) is 49.9 Å². The number of nitrogens with zero attached hydrogens (tertiary/aromatic N) is 1. The average molecular weight is 262 g/mol. The summed E-state index contributed by atoms with van der Waals surface area (Å²) in [4.78, 5) is 2.55. The van der Waals surface area contributed by atoms with E-state index >= 15 is 0 Å². The summed E-state index contributed by atoms with van der Waals surface area (Å²) in [7, 11) is 2.06. The predicted octanol–water partition coefficient (Wildman–Crippen LogP) is 3.68. The third kappa shape index (κ3) is 4.96. The molecule has 1 rings (SSSR count). The van der Waals surface area contributed by atoms with Gasteiger partial charge < -0.3 is 5.32 Å². The minimum atomic E-state index is 0.410. The Morgan fingerprint density at radius 1 is 1.11 bits per heavy atom. The zero-order valence-corrected chi connectivity index (χ0v) is 13.5. The van der Waals surface area contributed by atoms with Gasteiger partial charge in [-0.15, -0.1) is 0 Å². The van der Waals surface area contributed by atoms with Crippen LogP contribution in [0.15, 0.2) is 18.2 Å². The standard InChI is InChI=1S/C17H30N2/c1-7-8-19(13(2)3)12-17(18-6)16-10-14(4)9-15(5)11-16/h9-11,13,17-18H,7-8,12H2,1-6H3. The fraction of sp³-hybridized carbons (Fsp3) is 0.647. The SMILES string of the molecule is CCCN(CC(NC)c1cc(C)cc(C)c1)C(C)C. The number of likely N-dealkylation sites (N-methyl/N-ethyl adjacent to an activating group) is 1. The molecule has 19 heavy (non-hydrogen) atoms. The molecule has 0 bridgehead atoms. The van der Waals surface area contributed by atoms with Gasteiger partial charge >= 0.3 is 0 Å². The highest BCUT2D eigenvalue weighted by atomic mass is 15.2. The van der Waals surface area contributed by atoms with E-state index in [0.717, 1.165) is 6.54 Å². The molecule has 0 aliphatic carbocycles. The normalized spacial score (nSPS) is 13.3. The van der Waals surface area contributed by atoms with E-state index in [-0.39, 0.29) is 0 Å². The number of aryl methyl sites for hydroxylation is 2. The maximum Gasteiger partial charge on any atom is 0.0447 e. The van der Waals surface area contributed by atoms with Gasteiger partial charge in [-0.3, -0.25) is 4.90 Å². The van der Waals surface area contributed by atoms with Crippen LogP contribution in [0.5, 0.6) is 0 Å². The van der Waals surface area contributed by atoms with Crippen LogP contribution in [-0.2, 0) is 0 Å².